The Balaban J connectivity index is 1.74. The molecular formula is C20H28N2O4S. The van der Waals surface area contributed by atoms with Gasteiger partial charge in [0.05, 0.1) is 17.4 Å². The molecule has 0 bridgehead atoms. The van der Waals surface area contributed by atoms with E-state index in [0.717, 1.165) is 25.1 Å². The van der Waals surface area contributed by atoms with Crippen molar-refractivity contribution in [3.8, 4) is 0 Å². The van der Waals surface area contributed by atoms with E-state index in [1.807, 2.05) is 17.9 Å². The molecule has 2 aliphatic rings. The van der Waals surface area contributed by atoms with Gasteiger partial charge in [-0.3, -0.25) is 9.59 Å². The average Bonchev–Trinajstić information content (AvgIpc) is 2.95. The highest BCUT2D eigenvalue weighted by Crippen LogP contribution is 2.26. The van der Waals surface area contributed by atoms with Gasteiger partial charge in [0.15, 0.2) is 9.84 Å². The molecule has 3 unspecified atom stereocenters. The fourth-order valence-electron chi connectivity index (χ4n) is 4.14. The van der Waals surface area contributed by atoms with Crippen molar-refractivity contribution in [1.29, 1.82) is 0 Å². The number of sulfone groups is 1. The zero-order chi connectivity index (χ0) is 19.8. The maximum absolute atomic E-state index is 12.9. The maximum Gasteiger partial charge on any atom is 0.253 e. The van der Waals surface area contributed by atoms with Crippen molar-refractivity contribution in [1.82, 2.24) is 4.90 Å². The Labute approximate surface area is 161 Å². The molecule has 0 aromatic heterocycles. The van der Waals surface area contributed by atoms with Gasteiger partial charge in [-0.25, -0.2) is 8.42 Å². The van der Waals surface area contributed by atoms with Crippen molar-refractivity contribution in [3.05, 3.63) is 29.3 Å². The number of amides is 2. The van der Waals surface area contributed by atoms with Crippen molar-refractivity contribution in [2.45, 2.75) is 33.6 Å². The minimum Gasteiger partial charge on any atom is -0.338 e. The summed E-state index contributed by atoms with van der Waals surface area (Å²) in [5.41, 5.74) is 1.98. The van der Waals surface area contributed by atoms with Gasteiger partial charge in [-0.2, -0.15) is 0 Å². The fourth-order valence-corrected chi connectivity index (χ4v) is 5.88. The molecule has 1 N–H and O–H groups in total. The first kappa shape index (κ1) is 19.9. The molecule has 0 spiro atoms. The summed E-state index contributed by atoms with van der Waals surface area (Å²) in [6.45, 7) is 7.68. The Bertz CT molecular complexity index is 840. The van der Waals surface area contributed by atoms with E-state index in [0.29, 0.717) is 29.5 Å². The SMILES string of the molecule is Cc1ccc(C(=O)N2CC(C)CC(C)C2)cc1NC(=O)C1CCS(=O)(=O)C1. The second kappa shape index (κ2) is 7.62. The van der Waals surface area contributed by atoms with Crippen LogP contribution in [0.4, 0.5) is 5.69 Å². The lowest BCUT2D eigenvalue weighted by molar-refractivity contribution is -0.119. The van der Waals surface area contributed by atoms with E-state index in [-0.39, 0.29) is 23.3 Å². The van der Waals surface area contributed by atoms with Gasteiger partial charge in [-0.1, -0.05) is 19.9 Å². The number of piperidine rings is 1. The maximum atomic E-state index is 12.9. The molecule has 2 heterocycles. The minimum absolute atomic E-state index is 0.0210. The van der Waals surface area contributed by atoms with Crippen molar-refractivity contribution in [2.75, 3.05) is 29.9 Å². The summed E-state index contributed by atoms with van der Waals surface area (Å²) in [7, 11) is -3.11. The average molecular weight is 393 g/mol. The normalized spacial score (nSPS) is 27.4. The first-order valence-electron chi connectivity index (χ1n) is 9.56. The van der Waals surface area contributed by atoms with E-state index in [1.54, 1.807) is 12.1 Å². The van der Waals surface area contributed by atoms with Gasteiger partial charge in [-0.05, 0) is 49.3 Å². The van der Waals surface area contributed by atoms with E-state index in [1.165, 1.54) is 0 Å². The van der Waals surface area contributed by atoms with Crippen molar-refractivity contribution >= 4 is 27.3 Å². The quantitative estimate of drug-likeness (QED) is 0.857. The lowest BCUT2D eigenvalue weighted by Crippen LogP contribution is -2.42. The Hall–Kier alpha value is -1.89. The Kier molecular flexibility index (Phi) is 5.60. The predicted octanol–water partition coefficient (Wildman–Crippen LogP) is 2.49. The number of likely N-dealkylation sites (tertiary alicyclic amines) is 1. The molecule has 6 nitrogen and oxygen atoms in total. The molecule has 3 rings (SSSR count). The first-order valence-corrected chi connectivity index (χ1v) is 11.4. The summed E-state index contributed by atoms with van der Waals surface area (Å²) in [6, 6.07) is 5.32. The largest absolute Gasteiger partial charge is 0.338 e. The van der Waals surface area contributed by atoms with Crippen molar-refractivity contribution in [3.63, 3.8) is 0 Å². The highest BCUT2D eigenvalue weighted by Gasteiger charge is 2.33. The minimum atomic E-state index is -3.11. The van der Waals surface area contributed by atoms with Crippen LogP contribution in [0.5, 0.6) is 0 Å². The summed E-state index contributed by atoms with van der Waals surface area (Å²) in [6.07, 6.45) is 1.48. The van der Waals surface area contributed by atoms with Crippen LogP contribution >= 0.6 is 0 Å². The van der Waals surface area contributed by atoms with Crippen LogP contribution in [0.2, 0.25) is 0 Å². The lowest BCUT2D eigenvalue weighted by Gasteiger charge is -2.35. The van der Waals surface area contributed by atoms with Gasteiger partial charge < -0.3 is 10.2 Å². The number of carbonyl (C=O) groups is 2. The van der Waals surface area contributed by atoms with Crippen LogP contribution in [-0.2, 0) is 14.6 Å². The number of aryl methyl sites for hydroxylation is 1. The number of anilines is 1. The number of hydrogen-bond acceptors (Lipinski definition) is 4. The molecule has 2 saturated heterocycles. The molecule has 148 valence electrons. The molecular weight excluding hydrogens is 364 g/mol. The van der Waals surface area contributed by atoms with E-state index >= 15 is 0 Å². The summed E-state index contributed by atoms with van der Waals surface area (Å²) >= 11 is 0. The second-order valence-corrected chi connectivity index (χ2v) is 10.5. The Morgan fingerprint density at radius 1 is 1.15 bits per heavy atom. The van der Waals surface area contributed by atoms with Gasteiger partial charge in [0.2, 0.25) is 5.91 Å². The topological polar surface area (TPSA) is 83.6 Å². The summed E-state index contributed by atoms with van der Waals surface area (Å²) < 4.78 is 23.2. The third-order valence-electron chi connectivity index (χ3n) is 5.50. The van der Waals surface area contributed by atoms with E-state index in [9.17, 15) is 18.0 Å². The summed E-state index contributed by atoms with van der Waals surface area (Å²) in [4.78, 5) is 27.3. The number of nitrogens with zero attached hydrogens (tertiary/aromatic N) is 1. The molecule has 2 fully saturated rings. The standard InChI is InChI=1S/C20H28N2O4S/c1-13-8-14(2)11-22(10-13)20(24)16-5-4-15(3)18(9-16)21-19(23)17-6-7-27(25,26)12-17/h4-5,9,13-14,17H,6-8,10-12H2,1-3H3,(H,21,23). The van der Waals surface area contributed by atoms with Crippen molar-refractivity contribution in [2.24, 2.45) is 17.8 Å². The highest BCUT2D eigenvalue weighted by molar-refractivity contribution is 7.91. The van der Waals surface area contributed by atoms with Gasteiger partial charge in [0, 0.05) is 24.3 Å². The molecule has 27 heavy (non-hydrogen) atoms. The monoisotopic (exact) mass is 392 g/mol. The van der Waals surface area contributed by atoms with Crippen LogP contribution in [0.15, 0.2) is 18.2 Å². The van der Waals surface area contributed by atoms with Gasteiger partial charge in [0.1, 0.15) is 0 Å². The number of carbonyl (C=O) groups excluding carboxylic acids is 2. The molecule has 0 radical (unpaired) electrons. The van der Waals surface area contributed by atoms with Gasteiger partial charge in [0.25, 0.3) is 5.91 Å². The van der Waals surface area contributed by atoms with Crippen LogP contribution in [0, 0.1) is 24.7 Å². The second-order valence-electron chi connectivity index (χ2n) is 8.28. The van der Waals surface area contributed by atoms with E-state index in [2.05, 4.69) is 19.2 Å². The Morgan fingerprint density at radius 2 is 1.81 bits per heavy atom. The Morgan fingerprint density at radius 3 is 2.41 bits per heavy atom. The smallest absolute Gasteiger partial charge is 0.253 e. The highest BCUT2D eigenvalue weighted by atomic mass is 32.2. The summed E-state index contributed by atoms with van der Waals surface area (Å²) in [5, 5.41) is 2.83. The number of hydrogen-bond donors (Lipinski definition) is 1. The van der Waals surface area contributed by atoms with Crippen LogP contribution in [0.1, 0.15) is 42.6 Å². The van der Waals surface area contributed by atoms with E-state index < -0.39 is 15.8 Å². The van der Waals surface area contributed by atoms with Gasteiger partial charge >= 0.3 is 0 Å². The molecule has 7 heteroatoms. The number of benzene rings is 1. The molecule has 0 saturated carbocycles. The number of nitrogens with one attached hydrogen (secondary N) is 1. The zero-order valence-electron chi connectivity index (χ0n) is 16.2. The third-order valence-corrected chi connectivity index (χ3v) is 7.27. The van der Waals surface area contributed by atoms with E-state index in [4.69, 9.17) is 0 Å². The molecule has 0 aliphatic carbocycles. The molecule has 3 atom stereocenters. The van der Waals surface area contributed by atoms with Crippen LogP contribution in [0.25, 0.3) is 0 Å². The lowest BCUT2D eigenvalue weighted by atomic mass is 9.91. The fraction of sp³-hybridized carbons (Fsp3) is 0.600. The van der Waals surface area contributed by atoms with Crippen LogP contribution < -0.4 is 5.32 Å². The molecule has 2 amide bonds. The van der Waals surface area contributed by atoms with Crippen LogP contribution in [0.3, 0.4) is 0 Å². The predicted molar refractivity (Wildman–Crippen MR) is 105 cm³/mol. The molecule has 1 aromatic carbocycles. The third kappa shape index (κ3) is 4.69. The molecule has 2 aliphatic heterocycles. The zero-order valence-corrected chi connectivity index (χ0v) is 17.0. The molecule has 1 aromatic rings. The first-order chi connectivity index (χ1) is 12.6. The summed E-state index contributed by atoms with van der Waals surface area (Å²) in [5.74, 6) is 0.0979. The van der Waals surface area contributed by atoms with Crippen molar-refractivity contribution < 1.29 is 18.0 Å². The van der Waals surface area contributed by atoms with Gasteiger partial charge in [-0.15, -0.1) is 0 Å². The number of rotatable bonds is 3. The van der Waals surface area contributed by atoms with Crippen LogP contribution in [-0.4, -0.2) is 49.7 Å².